The number of carboxylic acid groups (broad SMARTS) is 1. The summed E-state index contributed by atoms with van der Waals surface area (Å²) in [5.74, 6) is -1.88. The predicted molar refractivity (Wildman–Crippen MR) is 123 cm³/mol. The van der Waals surface area contributed by atoms with E-state index in [4.69, 9.17) is 11.6 Å². The maximum Gasteiger partial charge on any atom is 0.387 e. The Hall–Kier alpha value is -4.12. The lowest BCUT2D eigenvalue weighted by atomic mass is 10.0. The Balaban J connectivity index is 1.79. The number of benzene rings is 2. The number of aromatic hydroxyl groups is 1. The zero-order valence-corrected chi connectivity index (χ0v) is 18.7. The number of aliphatic carboxylic acids is 1. The number of aromatic nitrogens is 1. The van der Waals surface area contributed by atoms with Crippen LogP contribution in [-0.2, 0) is 11.3 Å². The molecular formula is C23H20ClF2N3O6. The van der Waals surface area contributed by atoms with Gasteiger partial charge in [0, 0.05) is 11.2 Å². The largest absolute Gasteiger partial charge is 0.505 e. The molecule has 4 N–H and O–H groups in total. The van der Waals surface area contributed by atoms with Crippen molar-refractivity contribution in [3.05, 3.63) is 87.3 Å². The number of rotatable bonds is 9. The average molecular weight is 508 g/mol. The Bertz CT molecular complexity index is 1270. The lowest BCUT2D eigenvalue weighted by molar-refractivity contribution is -0.137. The van der Waals surface area contributed by atoms with Crippen LogP contribution in [0.15, 0.2) is 65.6 Å². The number of urea groups is 1. The first-order valence-electron chi connectivity index (χ1n) is 10.1. The number of amides is 2. The summed E-state index contributed by atoms with van der Waals surface area (Å²) in [6.07, 6.45) is 0.792. The van der Waals surface area contributed by atoms with Crippen LogP contribution in [0.4, 0.5) is 19.3 Å². The molecule has 0 aliphatic heterocycles. The van der Waals surface area contributed by atoms with Crippen molar-refractivity contribution in [3.8, 4) is 11.5 Å². The van der Waals surface area contributed by atoms with Gasteiger partial charge < -0.3 is 30.2 Å². The summed E-state index contributed by atoms with van der Waals surface area (Å²) < 4.78 is 30.2. The first-order valence-corrected chi connectivity index (χ1v) is 10.5. The van der Waals surface area contributed by atoms with E-state index in [2.05, 4.69) is 15.4 Å². The number of hydrogen-bond acceptors (Lipinski definition) is 5. The fourth-order valence-electron chi connectivity index (χ4n) is 3.23. The van der Waals surface area contributed by atoms with Crippen molar-refractivity contribution in [2.75, 3.05) is 5.32 Å². The van der Waals surface area contributed by atoms with E-state index >= 15 is 0 Å². The minimum absolute atomic E-state index is 0.0732. The average Bonchev–Trinajstić information content (AvgIpc) is 2.79. The minimum atomic E-state index is -3.03. The number of nitrogens with one attached hydrogen (secondary N) is 2. The summed E-state index contributed by atoms with van der Waals surface area (Å²) in [6.45, 7) is -2.95. The first kappa shape index (κ1) is 25.5. The van der Waals surface area contributed by atoms with Gasteiger partial charge in [0.2, 0.25) is 0 Å². The third-order valence-electron chi connectivity index (χ3n) is 4.87. The number of ether oxygens (including phenoxy) is 1. The van der Waals surface area contributed by atoms with Crippen molar-refractivity contribution >= 4 is 29.3 Å². The van der Waals surface area contributed by atoms with E-state index in [0.717, 1.165) is 0 Å². The van der Waals surface area contributed by atoms with Gasteiger partial charge in [-0.1, -0.05) is 41.9 Å². The summed E-state index contributed by atoms with van der Waals surface area (Å²) in [6, 6.07) is 11.1. The summed E-state index contributed by atoms with van der Waals surface area (Å²) in [5.41, 5.74) is -0.217. The summed E-state index contributed by atoms with van der Waals surface area (Å²) in [5, 5.41) is 24.4. The monoisotopic (exact) mass is 507 g/mol. The van der Waals surface area contributed by atoms with E-state index in [0.29, 0.717) is 10.6 Å². The molecule has 0 saturated heterocycles. The number of hydrogen-bond donors (Lipinski definition) is 4. The van der Waals surface area contributed by atoms with Crippen LogP contribution in [-0.4, -0.2) is 33.4 Å². The van der Waals surface area contributed by atoms with Crippen molar-refractivity contribution < 1.29 is 33.3 Å². The molecule has 0 aliphatic rings. The topological polar surface area (TPSA) is 130 Å². The molecule has 12 heteroatoms. The van der Waals surface area contributed by atoms with E-state index in [1.54, 1.807) is 24.3 Å². The molecule has 3 rings (SSSR count). The molecule has 0 unspecified atom stereocenters. The van der Waals surface area contributed by atoms with Gasteiger partial charge in [-0.25, -0.2) is 4.79 Å². The van der Waals surface area contributed by atoms with E-state index in [1.807, 2.05) is 0 Å². The molecule has 9 nitrogen and oxygen atoms in total. The fraction of sp³-hybridized carbons (Fsp3) is 0.174. The number of anilines is 1. The molecule has 35 heavy (non-hydrogen) atoms. The second kappa shape index (κ2) is 11.3. The quantitative estimate of drug-likeness (QED) is 0.343. The molecule has 1 atom stereocenters. The third-order valence-corrected chi connectivity index (χ3v) is 5.24. The molecule has 184 valence electrons. The summed E-state index contributed by atoms with van der Waals surface area (Å²) >= 11 is 6.14. The molecule has 0 radical (unpaired) electrons. The molecule has 2 amide bonds. The predicted octanol–water partition coefficient (Wildman–Crippen LogP) is 4.19. The van der Waals surface area contributed by atoms with Crippen molar-refractivity contribution in [1.29, 1.82) is 0 Å². The van der Waals surface area contributed by atoms with Crippen LogP contribution in [0.25, 0.3) is 0 Å². The van der Waals surface area contributed by atoms with Crippen molar-refractivity contribution in [1.82, 2.24) is 9.88 Å². The number of carbonyl (C=O) groups excluding carboxylic acids is 1. The van der Waals surface area contributed by atoms with Crippen LogP contribution in [0.1, 0.15) is 23.6 Å². The van der Waals surface area contributed by atoms with Crippen LogP contribution in [0.3, 0.4) is 0 Å². The molecular weight excluding hydrogens is 488 g/mol. The molecule has 0 spiro atoms. The second-order valence-electron chi connectivity index (χ2n) is 7.30. The lowest BCUT2D eigenvalue weighted by Crippen LogP contribution is -2.36. The van der Waals surface area contributed by atoms with Gasteiger partial charge in [0.05, 0.1) is 19.0 Å². The second-order valence-corrected chi connectivity index (χ2v) is 7.70. The zero-order chi connectivity index (χ0) is 25.5. The van der Waals surface area contributed by atoms with Crippen molar-refractivity contribution in [2.24, 2.45) is 0 Å². The first-order chi connectivity index (χ1) is 16.6. The molecule has 0 aliphatic carbocycles. The van der Waals surface area contributed by atoms with Gasteiger partial charge in [0.1, 0.15) is 11.5 Å². The number of pyridine rings is 1. The Morgan fingerprint density at radius 3 is 2.40 bits per heavy atom. The third kappa shape index (κ3) is 6.93. The smallest absolute Gasteiger partial charge is 0.387 e. The zero-order valence-electron chi connectivity index (χ0n) is 18.0. The summed E-state index contributed by atoms with van der Waals surface area (Å²) in [4.78, 5) is 36.7. The number of carbonyl (C=O) groups is 2. The highest BCUT2D eigenvalue weighted by atomic mass is 35.5. The van der Waals surface area contributed by atoms with Crippen LogP contribution >= 0.6 is 11.6 Å². The molecule has 1 heterocycles. The van der Waals surface area contributed by atoms with E-state index in [-0.39, 0.29) is 17.9 Å². The molecule has 0 saturated carbocycles. The highest BCUT2D eigenvalue weighted by molar-refractivity contribution is 6.31. The Morgan fingerprint density at radius 1 is 1.09 bits per heavy atom. The van der Waals surface area contributed by atoms with Gasteiger partial charge in [-0.2, -0.15) is 8.78 Å². The highest BCUT2D eigenvalue weighted by Crippen LogP contribution is 2.23. The molecule has 0 bridgehead atoms. The number of halogens is 3. The van der Waals surface area contributed by atoms with Crippen LogP contribution < -0.4 is 20.9 Å². The normalized spacial score (nSPS) is 11.7. The van der Waals surface area contributed by atoms with Gasteiger partial charge in [-0.05, 0) is 35.4 Å². The van der Waals surface area contributed by atoms with Crippen LogP contribution in [0, 0.1) is 0 Å². The van der Waals surface area contributed by atoms with Gasteiger partial charge in [-0.15, -0.1) is 0 Å². The van der Waals surface area contributed by atoms with E-state index in [9.17, 15) is 33.4 Å². The standard InChI is InChI=1S/C23H20ClF2N3O6/c24-16-4-2-1-3-14(16)12-29-10-9-18(30)20(21(29)33)28-23(34)27-17(11-19(31)32)13-5-7-15(8-6-13)35-22(25)26/h1-10,17,22,30H,11-12H2,(H,31,32)(H2,27,28,34)/t17-/m0/s1. The fourth-order valence-corrected chi connectivity index (χ4v) is 3.43. The van der Waals surface area contributed by atoms with Crippen molar-refractivity contribution in [2.45, 2.75) is 25.6 Å². The number of carboxylic acids is 1. The van der Waals surface area contributed by atoms with Crippen molar-refractivity contribution in [3.63, 3.8) is 0 Å². The Labute approximate surface area is 202 Å². The lowest BCUT2D eigenvalue weighted by Gasteiger charge is -2.19. The Kier molecular flexibility index (Phi) is 8.26. The maximum absolute atomic E-state index is 12.8. The SMILES string of the molecule is O=C(O)C[C@H](NC(=O)Nc1c(O)ccn(Cc2ccccc2Cl)c1=O)c1ccc(OC(F)F)cc1. The number of alkyl halides is 2. The Morgan fingerprint density at radius 2 is 1.77 bits per heavy atom. The van der Waals surface area contributed by atoms with Crippen LogP contribution in [0.5, 0.6) is 11.5 Å². The molecule has 2 aromatic carbocycles. The van der Waals surface area contributed by atoms with Gasteiger partial charge in [-0.3, -0.25) is 9.59 Å². The van der Waals surface area contributed by atoms with Gasteiger partial charge >= 0.3 is 18.6 Å². The molecule has 1 aromatic heterocycles. The molecule has 0 fully saturated rings. The maximum atomic E-state index is 12.8. The van der Waals surface area contributed by atoms with E-state index < -0.39 is 48.1 Å². The number of nitrogens with zero attached hydrogens (tertiary/aromatic N) is 1. The minimum Gasteiger partial charge on any atom is -0.505 e. The van der Waals surface area contributed by atoms with Gasteiger partial charge in [0.25, 0.3) is 5.56 Å². The van der Waals surface area contributed by atoms with E-state index in [1.165, 1.54) is 41.1 Å². The van der Waals surface area contributed by atoms with Gasteiger partial charge in [0.15, 0.2) is 5.69 Å². The van der Waals surface area contributed by atoms with Crippen LogP contribution in [0.2, 0.25) is 5.02 Å². The summed E-state index contributed by atoms with van der Waals surface area (Å²) in [7, 11) is 0. The molecule has 3 aromatic rings. The highest BCUT2D eigenvalue weighted by Gasteiger charge is 2.21.